The summed E-state index contributed by atoms with van der Waals surface area (Å²) >= 11 is 8.29. The van der Waals surface area contributed by atoms with Gasteiger partial charge in [-0.1, -0.05) is 25.1 Å². The van der Waals surface area contributed by atoms with Crippen molar-refractivity contribution in [1.82, 2.24) is 10.6 Å². The highest BCUT2D eigenvalue weighted by atomic mass is 79.9. The van der Waals surface area contributed by atoms with Crippen molar-refractivity contribution < 1.29 is 21.8 Å². The van der Waals surface area contributed by atoms with E-state index in [0.717, 1.165) is 6.26 Å². The lowest BCUT2D eigenvalue weighted by molar-refractivity contribution is -0.124. The molecule has 2 aromatic rings. The first-order valence-electron chi connectivity index (χ1n) is 8.64. The van der Waals surface area contributed by atoms with Crippen LogP contribution in [-0.4, -0.2) is 25.7 Å². The standard InChI is InChI=1S/C19H18BrFN2O4S2/c1-3-12-5-6-13(9-16(12)27-29(2,25)26)19(17(24)22-18(28)23-19)10-11-4-7-15(21)14(20)8-11/h4-9H,3,10H2,1-2H3,(H2,22,23,24,28). The predicted octanol–water partition coefficient (Wildman–Crippen LogP) is 2.93. The summed E-state index contributed by atoms with van der Waals surface area (Å²) in [5.41, 5.74) is 0.540. The van der Waals surface area contributed by atoms with Crippen LogP contribution in [0.15, 0.2) is 40.9 Å². The molecule has 154 valence electrons. The zero-order valence-electron chi connectivity index (χ0n) is 15.6. The van der Waals surface area contributed by atoms with E-state index >= 15 is 0 Å². The van der Waals surface area contributed by atoms with Crippen LogP contribution in [0.25, 0.3) is 0 Å². The normalized spacial score (nSPS) is 19.0. The third kappa shape index (κ3) is 4.59. The van der Waals surface area contributed by atoms with Gasteiger partial charge in [-0.3, -0.25) is 4.79 Å². The Morgan fingerprint density at radius 1 is 1.24 bits per heavy atom. The van der Waals surface area contributed by atoms with Gasteiger partial charge in [-0.25, -0.2) is 4.39 Å². The Morgan fingerprint density at radius 2 is 1.97 bits per heavy atom. The number of benzene rings is 2. The van der Waals surface area contributed by atoms with Gasteiger partial charge in [0.1, 0.15) is 17.1 Å². The molecular formula is C19H18BrFN2O4S2. The lowest BCUT2D eigenvalue weighted by atomic mass is 9.83. The van der Waals surface area contributed by atoms with Gasteiger partial charge in [-0.05, 0) is 69.5 Å². The van der Waals surface area contributed by atoms with Crippen LogP contribution in [0.4, 0.5) is 4.39 Å². The highest BCUT2D eigenvalue weighted by Crippen LogP contribution is 2.34. The molecule has 1 amide bonds. The number of rotatable bonds is 6. The number of aryl methyl sites for hydroxylation is 1. The molecule has 0 aromatic heterocycles. The van der Waals surface area contributed by atoms with E-state index in [0.29, 0.717) is 23.1 Å². The van der Waals surface area contributed by atoms with Gasteiger partial charge in [0.2, 0.25) is 0 Å². The Morgan fingerprint density at radius 3 is 2.52 bits per heavy atom. The topological polar surface area (TPSA) is 84.5 Å². The number of nitrogens with one attached hydrogen (secondary N) is 2. The number of hydrogen-bond acceptors (Lipinski definition) is 5. The molecule has 1 atom stereocenters. The van der Waals surface area contributed by atoms with Crippen LogP contribution in [0.2, 0.25) is 0 Å². The Labute approximate surface area is 182 Å². The maximum Gasteiger partial charge on any atom is 0.306 e. The molecular weight excluding hydrogens is 483 g/mol. The minimum Gasteiger partial charge on any atom is -0.382 e. The van der Waals surface area contributed by atoms with Crippen molar-refractivity contribution in [1.29, 1.82) is 0 Å². The molecule has 10 heteroatoms. The molecule has 3 rings (SSSR count). The molecule has 1 fully saturated rings. The van der Waals surface area contributed by atoms with Crippen LogP contribution in [-0.2, 0) is 33.3 Å². The van der Waals surface area contributed by atoms with E-state index in [1.54, 1.807) is 24.3 Å². The Hall–Kier alpha value is -2.04. The molecule has 29 heavy (non-hydrogen) atoms. The molecule has 0 saturated carbocycles. The van der Waals surface area contributed by atoms with Gasteiger partial charge in [0.25, 0.3) is 5.91 Å². The van der Waals surface area contributed by atoms with Gasteiger partial charge in [-0.2, -0.15) is 8.42 Å². The van der Waals surface area contributed by atoms with Crippen LogP contribution >= 0.6 is 28.1 Å². The van der Waals surface area contributed by atoms with Gasteiger partial charge in [0.05, 0.1) is 10.7 Å². The second-order valence-corrected chi connectivity index (χ2v) is 9.54. The fraction of sp³-hybridized carbons (Fsp3) is 0.263. The summed E-state index contributed by atoms with van der Waals surface area (Å²) in [5, 5.41) is 5.74. The Bertz CT molecular complexity index is 1110. The first-order chi connectivity index (χ1) is 13.5. The molecule has 0 spiro atoms. The molecule has 1 heterocycles. The molecule has 0 bridgehead atoms. The van der Waals surface area contributed by atoms with Crippen LogP contribution < -0.4 is 14.8 Å². The fourth-order valence-electron chi connectivity index (χ4n) is 3.23. The zero-order valence-corrected chi connectivity index (χ0v) is 18.8. The summed E-state index contributed by atoms with van der Waals surface area (Å²) in [6, 6.07) is 9.44. The summed E-state index contributed by atoms with van der Waals surface area (Å²) in [4.78, 5) is 12.9. The number of amides is 1. The monoisotopic (exact) mass is 500 g/mol. The number of thiocarbonyl (C=S) groups is 1. The first-order valence-corrected chi connectivity index (χ1v) is 11.7. The second kappa shape index (κ2) is 8.00. The summed E-state index contributed by atoms with van der Waals surface area (Å²) in [7, 11) is -3.76. The Kier molecular flexibility index (Phi) is 5.98. The smallest absolute Gasteiger partial charge is 0.306 e. The van der Waals surface area contributed by atoms with Crippen molar-refractivity contribution in [3.05, 3.63) is 63.4 Å². The minimum atomic E-state index is -3.76. The second-order valence-electron chi connectivity index (χ2n) is 6.70. The van der Waals surface area contributed by atoms with Crippen molar-refractivity contribution >= 4 is 49.3 Å². The fourth-order valence-corrected chi connectivity index (χ4v) is 4.40. The van der Waals surface area contributed by atoms with E-state index in [-0.39, 0.29) is 21.8 Å². The van der Waals surface area contributed by atoms with Crippen LogP contribution in [0.5, 0.6) is 5.75 Å². The van der Waals surface area contributed by atoms with Crippen molar-refractivity contribution in [2.75, 3.05) is 6.26 Å². The highest BCUT2D eigenvalue weighted by Gasteiger charge is 2.46. The average molecular weight is 501 g/mol. The lowest BCUT2D eigenvalue weighted by Gasteiger charge is -2.28. The summed E-state index contributed by atoms with van der Waals surface area (Å²) in [6.45, 7) is 1.87. The van der Waals surface area contributed by atoms with E-state index in [9.17, 15) is 17.6 Å². The van der Waals surface area contributed by atoms with Gasteiger partial charge < -0.3 is 14.8 Å². The van der Waals surface area contributed by atoms with E-state index in [4.69, 9.17) is 16.4 Å². The van der Waals surface area contributed by atoms with Crippen LogP contribution in [0.3, 0.4) is 0 Å². The zero-order chi connectivity index (χ0) is 21.4. The average Bonchev–Trinajstić information content (AvgIpc) is 2.91. The highest BCUT2D eigenvalue weighted by molar-refractivity contribution is 9.10. The molecule has 2 aromatic carbocycles. The molecule has 1 unspecified atom stereocenters. The van der Waals surface area contributed by atoms with Gasteiger partial charge in [-0.15, -0.1) is 0 Å². The van der Waals surface area contributed by atoms with Crippen molar-refractivity contribution in [2.24, 2.45) is 0 Å². The SMILES string of the molecule is CCc1ccc(C2(Cc3ccc(F)c(Br)c3)NC(=S)NC2=O)cc1OS(C)(=O)=O. The number of hydrogen-bond donors (Lipinski definition) is 2. The quantitative estimate of drug-likeness (QED) is 0.468. The molecule has 2 N–H and O–H groups in total. The van der Waals surface area contributed by atoms with E-state index < -0.39 is 27.4 Å². The molecule has 1 saturated heterocycles. The molecule has 0 radical (unpaired) electrons. The molecule has 6 nitrogen and oxygen atoms in total. The van der Waals surface area contributed by atoms with E-state index in [1.165, 1.54) is 12.1 Å². The number of carbonyl (C=O) groups excluding carboxylic acids is 1. The molecule has 0 aliphatic carbocycles. The van der Waals surface area contributed by atoms with Crippen LogP contribution in [0.1, 0.15) is 23.6 Å². The van der Waals surface area contributed by atoms with Crippen molar-refractivity contribution in [3.8, 4) is 5.75 Å². The summed E-state index contributed by atoms with van der Waals surface area (Å²) in [5.74, 6) is -0.657. The van der Waals surface area contributed by atoms with E-state index in [1.807, 2.05) is 6.92 Å². The Balaban J connectivity index is 2.12. The molecule has 1 aliphatic heterocycles. The maximum atomic E-state index is 13.6. The van der Waals surface area contributed by atoms with Crippen molar-refractivity contribution in [3.63, 3.8) is 0 Å². The summed E-state index contributed by atoms with van der Waals surface area (Å²) < 4.78 is 42.4. The maximum absolute atomic E-state index is 13.6. The number of carbonyl (C=O) groups is 1. The van der Waals surface area contributed by atoms with Gasteiger partial charge in [0.15, 0.2) is 5.11 Å². The number of halogens is 2. The van der Waals surface area contributed by atoms with Crippen LogP contribution in [0, 0.1) is 5.82 Å². The summed E-state index contributed by atoms with van der Waals surface area (Å²) in [6.07, 6.45) is 1.66. The minimum absolute atomic E-state index is 0.152. The largest absolute Gasteiger partial charge is 0.382 e. The van der Waals surface area contributed by atoms with Crippen molar-refractivity contribution in [2.45, 2.75) is 25.3 Å². The van der Waals surface area contributed by atoms with Gasteiger partial charge in [0, 0.05) is 6.42 Å². The lowest BCUT2D eigenvalue weighted by Crippen LogP contribution is -2.45. The van der Waals surface area contributed by atoms with E-state index in [2.05, 4.69) is 26.6 Å². The predicted molar refractivity (Wildman–Crippen MR) is 115 cm³/mol. The van der Waals surface area contributed by atoms with Gasteiger partial charge >= 0.3 is 10.1 Å². The first kappa shape index (κ1) is 21.7. The molecule has 1 aliphatic rings. The third-order valence-electron chi connectivity index (χ3n) is 4.58. The third-order valence-corrected chi connectivity index (χ3v) is 5.87.